The molecule has 2 nitrogen and oxygen atoms in total. The lowest BCUT2D eigenvalue weighted by molar-refractivity contribution is 0.320. The minimum absolute atomic E-state index is 0.444. The molecule has 0 aliphatic heterocycles. The molecular weight excluding hydrogens is 231 g/mol. The SMILES string of the molecule is CCCCN(C)Cc1cnc(Cl)cc1Cl. The van der Waals surface area contributed by atoms with Crippen molar-refractivity contribution in [2.45, 2.75) is 26.3 Å². The monoisotopic (exact) mass is 246 g/mol. The molecule has 0 fully saturated rings. The largest absolute Gasteiger partial charge is 0.302 e. The molecule has 1 aromatic heterocycles. The maximum Gasteiger partial charge on any atom is 0.130 e. The van der Waals surface area contributed by atoms with E-state index in [1.54, 1.807) is 12.3 Å². The molecule has 0 aliphatic rings. The van der Waals surface area contributed by atoms with E-state index in [4.69, 9.17) is 23.2 Å². The van der Waals surface area contributed by atoms with Crippen LogP contribution in [0.4, 0.5) is 0 Å². The first-order valence-electron chi connectivity index (χ1n) is 5.12. The zero-order valence-electron chi connectivity index (χ0n) is 9.13. The third-order valence-corrected chi connectivity index (χ3v) is 2.79. The lowest BCUT2D eigenvalue weighted by Gasteiger charge is -2.16. The van der Waals surface area contributed by atoms with Crippen LogP contribution < -0.4 is 0 Å². The van der Waals surface area contributed by atoms with Crippen molar-refractivity contribution in [2.24, 2.45) is 0 Å². The number of aromatic nitrogens is 1. The summed E-state index contributed by atoms with van der Waals surface area (Å²) >= 11 is 11.8. The molecule has 0 radical (unpaired) electrons. The van der Waals surface area contributed by atoms with Crippen molar-refractivity contribution in [2.75, 3.05) is 13.6 Å². The molecular formula is C11H16Cl2N2. The maximum absolute atomic E-state index is 6.06. The molecule has 0 N–H and O–H groups in total. The number of nitrogens with zero attached hydrogens (tertiary/aromatic N) is 2. The van der Waals surface area contributed by atoms with Gasteiger partial charge in [-0.15, -0.1) is 0 Å². The zero-order valence-corrected chi connectivity index (χ0v) is 10.6. The smallest absolute Gasteiger partial charge is 0.130 e. The van der Waals surface area contributed by atoms with Gasteiger partial charge in [0, 0.05) is 23.3 Å². The predicted molar refractivity (Wildman–Crippen MR) is 65.5 cm³/mol. The topological polar surface area (TPSA) is 16.1 Å². The van der Waals surface area contributed by atoms with Crippen molar-refractivity contribution in [3.63, 3.8) is 0 Å². The average molecular weight is 247 g/mol. The molecule has 4 heteroatoms. The van der Waals surface area contributed by atoms with Gasteiger partial charge in [0.15, 0.2) is 0 Å². The van der Waals surface area contributed by atoms with Gasteiger partial charge in [-0.25, -0.2) is 4.98 Å². The van der Waals surface area contributed by atoms with E-state index in [9.17, 15) is 0 Å². The lowest BCUT2D eigenvalue weighted by Crippen LogP contribution is -2.19. The highest BCUT2D eigenvalue weighted by Crippen LogP contribution is 2.19. The van der Waals surface area contributed by atoms with Crippen LogP contribution in [0.2, 0.25) is 10.2 Å². The quantitative estimate of drug-likeness (QED) is 0.739. The molecule has 0 atom stereocenters. The zero-order chi connectivity index (χ0) is 11.3. The van der Waals surface area contributed by atoms with Crippen LogP contribution in [0.15, 0.2) is 12.3 Å². The Labute approximate surface area is 101 Å². The third-order valence-electron chi connectivity index (χ3n) is 2.23. The van der Waals surface area contributed by atoms with Crippen molar-refractivity contribution < 1.29 is 0 Å². The second-order valence-electron chi connectivity index (χ2n) is 3.69. The Morgan fingerprint density at radius 1 is 1.40 bits per heavy atom. The highest BCUT2D eigenvalue weighted by molar-refractivity contribution is 6.34. The fraction of sp³-hybridized carbons (Fsp3) is 0.545. The Morgan fingerprint density at radius 2 is 2.13 bits per heavy atom. The van der Waals surface area contributed by atoms with E-state index in [1.807, 2.05) is 0 Å². The van der Waals surface area contributed by atoms with E-state index in [2.05, 4.69) is 23.9 Å². The van der Waals surface area contributed by atoms with Crippen LogP contribution >= 0.6 is 23.2 Å². The van der Waals surface area contributed by atoms with Gasteiger partial charge in [-0.2, -0.15) is 0 Å². The second-order valence-corrected chi connectivity index (χ2v) is 4.48. The Morgan fingerprint density at radius 3 is 2.73 bits per heavy atom. The summed E-state index contributed by atoms with van der Waals surface area (Å²) in [5.74, 6) is 0. The highest BCUT2D eigenvalue weighted by Gasteiger charge is 2.05. The first kappa shape index (κ1) is 12.8. The van der Waals surface area contributed by atoms with E-state index in [1.165, 1.54) is 12.8 Å². The number of hydrogen-bond donors (Lipinski definition) is 0. The molecule has 1 aromatic rings. The number of rotatable bonds is 5. The summed E-state index contributed by atoms with van der Waals surface area (Å²) in [6.45, 7) is 4.09. The van der Waals surface area contributed by atoms with Crippen LogP contribution in [0, 0.1) is 0 Å². The van der Waals surface area contributed by atoms with Crippen molar-refractivity contribution in [3.8, 4) is 0 Å². The molecule has 0 aromatic carbocycles. The Hall–Kier alpha value is -0.310. The summed E-state index contributed by atoms with van der Waals surface area (Å²) in [6.07, 6.45) is 4.15. The van der Waals surface area contributed by atoms with E-state index in [-0.39, 0.29) is 0 Å². The summed E-state index contributed by atoms with van der Waals surface area (Å²) in [6, 6.07) is 1.69. The molecule has 0 aliphatic carbocycles. The minimum atomic E-state index is 0.444. The van der Waals surface area contributed by atoms with Crippen LogP contribution in [-0.2, 0) is 6.54 Å². The highest BCUT2D eigenvalue weighted by atomic mass is 35.5. The van der Waals surface area contributed by atoms with Crippen molar-refractivity contribution in [3.05, 3.63) is 28.0 Å². The number of pyridine rings is 1. The van der Waals surface area contributed by atoms with E-state index in [0.717, 1.165) is 18.7 Å². The standard InChI is InChI=1S/C11H16Cl2N2/c1-3-4-5-15(2)8-9-7-14-11(13)6-10(9)12/h6-7H,3-5,8H2,1-2H3. The Balaban J connectivity index is 2.56. The van der Waals surface area contributed by atoms with Crippen molar-refractivity contribution >= 4 is 23.2 Å². The van der Waals surface area contributed by atoms with Gasteiger partial charge in [0.25, 0.3) is 0 Å². The molecule has 0 saturated carbocycles. The van der Waals surface area contributed by atoms with Gasteiger partial charge in [-0.1, -0.05) is 36.5 Å². The van der Waals surface area contributed by atoms with Crippen LogP contribution in [0.25, 0.3) is 0 Å². The van der Waals surface area contributed by atoms with E-state index in [0.29, 0.717) is 10.2 Å². The third kappa shape index (κ3) is 4.37. The van der Waals surface area contributed by atoms with Gasteiger partial charge in [0.05, 0.1) is 0 Å². The summed E-state index contributed by atoms with van der Waals surface area (Å²) in [5, 5.41) is 1.14. The number of hydrogen-bond acceptors (Lipinski definition) is 2. The van der Waals surface area contributed by atoms with Gasteiger partial charge in [-0.05, 0) is 26.1 Å². The van der Waals surface area contributed by atoms with Crippen LogP contribution in [0.5, 0.6) is 0 Å². The van der Waals surface area contributed by atoms with Crippen molar-refractivity contribution in [1.82, 2.24) is 9.88 Å². The van der Waals surface area contributed by atoms with Gasteiger partial charge < -0.3 is 4.90 Å². The van der Waals surface area contributed by atoms with E-state index < -0.39 is 0 Å². The first-order chi connectivity index (χ1) is 7.13. The fourth-order valence-electron chi connectivity index (χ4n) is 1.35. The van der Waals surface area contributed by atoms with Crippen LogP contribution in [0.1, 0.15) is 25.3 Å². The van der Waals surface area contributed by atoms with E-state index >= 15 is 0 Å². The second kappa shape index (κ2) is 6.31. The normalized spacial score (nSPS) is 11.0. The molecule has 0 saturated heterocycles. The molecule has 0 spiro atoms. The molecule has 15 heavy (non-hydrogen) atoms. The lowest BCUT2D eigenvalue weighted by atomic mass is 10.2. The number of unbranched alkanes of at least 4 members (excludes halogenated alkanes) is 1. The predicted octanol–water partition coefficient (Wildman–Crippen LogP) is 3.62. The van der Waals surface area contributed by atoms with Crippen LogP contribution in [-0.4, -0.2) is 23.5 Å². The summed E-state index contributed by atoms with van der Waals surface area (Å²) < 4.78 is 0. The van der Waals surface area contributed by atoms with Gasteiger partial charge >= 0.3 is 0 Å². The van der Waals surface area contributed by atoms with Crippen LogP contribution in [0.3, 0.4) is 0 Å². The Kier molecular flexibility index (Phi) is 5.37. The first-order valence-corrected chi connectivity index (χ1v) is 5.87. The summed E-state index contributed by atoms with van der Waals surface area (Å²) in [7, 11) is 2.08. The van der Waals surface area contributed by atoms with Crippen molar-refractivity contribution in [1.29, 1.82) is 0 Å². The molecule has 0 bridgehead atoms. The van der Waals surface area contributed by atoms with Gasteiger partial charge in [0.2, 0.25) is 0 Å². The molecule has 1 heterocycles. The molecule has 0 amide bonds. The van der Waals surface area contributed by atoms with Gasteiger partial charge in [-0.3, -0.25) is 0 Å². The van der Waals surface area contributed by atoms with Gasteiger partial charge in [0.1, 0.15) is 5.15 Å². The maximum atomic E-state index is 6.06. The average Bonchev–Trinajstić information content (AvgIpc) is 2.19. The fourth-order valence-corrected chi connectivity index (χ4v) is 1.78. The summed E-state index contributed by atoms with van der Waals surface area (Å²) in [4.78, 5) is 6.26. The minimum Gasteiger partial charge on any atom is -0.302 e. The number of halogens is 2. The molecule has 84 valence electrons. The summed E-state index contributed by atoms with van der Waals surface area (Å²) in [5.41, 5.74) is 1.03. The molecule has 1 rings (SSSR count). The Bertz CT molecular complexity index is 315. The molecule has 0 unspecified atom stereocenters.